The zero-order valence-electron chi connectivity index (χ0n) is 9.65. The first-order valence-corrected chi connectivity index (χ1v) is 5.45. The number of hydrogen-bond donors (Lipinski definition) is 3. The van der Waals surface area contributed by atoms with Crippen molar-refractivity contribution in [2.45, 2.75) is 18.6 Å². The second kappa shape index (κ2) is 4.69. The summed E-state index contributed by atoms with van der Waals surface area (Å²) in [6.45, 7) is -0.109. The number of aliphatic carboxylic acids is 1. The lowest BCUT2D eigenvalue weighted by Gasteiger charge is -2.19. The van der Waals surface area contributed by atoms with E-state index in [0.29, 0.717) is 0 Å². The zero-order chi connectivity index (χ0) is 14.2. The number of likely N-dealkylation sites (tertiary alicyclic amines) is 1. The second-order valence-corrected chi connectivity index (χ2v) is 4.22. The number of nitrogens with one attached hydrogen (secondary N) is 1. The molecule has 9 nitrogen and oxygen atoms in total. The van der Waals surface area contributed by atoms with Crippen LogP contribution in [0.15, 0.2) is 12.1 Å². The van der Waals surface area contributed by atoms with Crippen LogP contribution in [0, 0.1) is 10.1 Å². The summed E-state index contributed by atoms with van der Waals surface area (Å²) < 4.78 is 0. The lowest BCUT2D eigenvalue weighted by atomic mass is 10.2. The van der Waals surface area contributed by atoms with Crippen molar-refractivity contribution in [2.24, 2.45) is 0 Å². The number of aliphatic hydroxyl groups excluding tert-OH is 1. The highest BCUT2D eigenvalue weighted by Crippen LogP contribution is 2.21. The van der Waals surface area contributed by atoms with Gasteiger partial charge < -0.3 is 25.2 Å². The molecule has 0 bridgehead atoms. The average Bonchev–Trinajstić information content (AvgIpc) is 2.94. The molecular formula is C10H11N3O6. The summed E-state index contributed by atoms with van der Waals surface area (Å²) >= 11 is 0. The molecule has 2 rings (SSSR count). The summed E-state index contributed by atoms with van der Waals surface area (Å²) in [6.07, 6.45) is -0.959. The van der Waals surface area contributed by atoms with Crippen molar-refractivity contribution in [3.63, 3.8) is 0 Å². The van der Waals surface area contributed by atoms with Gasteiger partial charge in [0.1, 0.15) is 6.04 Å². The highest BCUT2D eigenvalue weighted by Gasteiger charge is 2.40. The Labute approximate surface area is 106 Å². The number of carbonyl (C=O) groups is 2. The van der Waals surface area contributed by atoms with Gasteiger partial charge in [-0.25, -0.2) is 9.78 Å². The van der Waals surface area contributed by atoms with Crippen molar-refractivity contribution < 1.29 is 24.7 Å². The van der Waals surface area contributed by atoms with Crippen LogP contribution < -0.4 is 0 Å². The lowest BCUT2D eigenvalue weighted by Crippen LogP contribution is -2.40. The van der Waals surface area contributed by atoms with E-state index in [4.69, 9.17) is 5.11 Å². The van der Waals surface area contributed by atoms with Crippen LogP contribution in [0.2, 0.25) is 0 Å². The molecule has 1 aromatic rings. The summed E-state index contributed by atoms with van der Waals surface area (Å²) in [6, 6.07) is 1.21. The zero-order valence-corrected chi connectivity index (χ0v) is 9.65. The average molecular weight is 269 g/mol. The van der Waals surface area contributed by atoms with Crippen LogP contribution in [0.1, 0.15) is 16.9 Å². The maximum atomic E-state index is 12.0. The third-order valence-corrected chi connectivity index (χ3v) is 2.92. The summed E-state index contributed by atoms with van der Waals surface area (Å²) in [7, 11) is 0. The van der Waals surface area contributed by atoms with E-state index >= 15 is 0 Å². The number of carboxylic acid groups (broad SMARTS) is 1. The van der Waals surface area contributed by atoms with Crippen molar-refractivity contribution in [1.29, 1.82) is 0 Å². The summed E-state index contributed by atoms with van der Waals surface area (Å²) in [4.78, 5) is 36.1. The largest absolute Gasteiger partial charge is 0.480 e. The van der Waals surface area contributed by atoms with Crippen molar-refractivity contribution >= 4 is 17.7 Å². The van der Waals surface area contributed by atoms with Crippen LogP contribution >= 0.6 is 0 Å². The fourth-order valence-corrected chi connectivity index (χ4v) is 2.04. The Hall–Kier alpha value is -2.42. The third kappa shape index (κ3) is 2.40. The first-order chi connectivity index (χ1) is 8.90. The van der Waals surface area contributed by atoms with Crippen LogP contribution in [0.25, 0.3) is 0 Å². The molecule has 102 valence electrons. The Bertz CT molecular complexity index is 539. The molecule has 19 heavy (non-hydrogen) atoms. The Balaban J connectivity index is 2.22. The number of hydrogen-bond acceptors (Lipinski definition) is 5. The minimum Gasteiger partial charge on any atom is -0.480 e. The van der Waals surface area contributed by atoms with E-state index in [9.17, 15) is 24.8 Å². The van der Waals surface area contributed by atoms with E-state index in [2.05, 4.69) is 4.98 Å². The van der Waals surface area contributed by atoms with Crippen molar-refractivity contribution in [2.75, 3.05) is 6.54 Å². The standard InChI is InChI=1S/C10H11N3O6/c14-5-3-7(10(16)17)12(4-5)9(15)6-1-2-8(11-6)13(18)19/h1-2,5,7,11,14H,3-4H2,(H,16,17)/t5-,7-/m0/s1. The van der Waals surface area contributed by atoms with Gasteiger partial charge in [-0.2, -0.15) is 0 Å². The molecule has 0 spiro atoms. The van der Waals surface area contributed by atoms with Crippen molar-refractivity contribution in [3.05, 3.63) is 27.9 Å². The van der Waals surface area contributed by atoms with E-state index in [1.54, 1.807) is 0 Å². The molecule has 0 radical (unpaired) electrons. The molecule has 0 unspecified atom stereocenters. The van der Waals surface area contributed by atoms with Gasteiger partial charge in [-0.1, -0.05) is 0 Å². The Morgan fingerprint density at radius 2 is 2.16 bits per heavy atom. The first kappa shape index (κ1) is 13.0. The molecule has 1 saturated heterocycles. The van der Waals surface area contributed by atoms with Crippen LogP contribution in [0.4, 0.5) is 5.82 Å². The quantitative estimate of drug-likeness (QED) is 0.503. The minimum atomic E-state index is -1.22. The highest BCUT2D eigenvalue weighted by atomic mass is 16.6. The van der Waals surface area contributed by atoms with E-state index in [-0.39, 0.29) is 24.5 Å². The van der Waals surface area contributed by atoms with Crippen LogP contribution in [-0.2, 0) is 4.79 Å². The monoisotopic (exact) mass is 269 g/mol. The number of carboxylic acids is 1. The van der Waals surface area contributed by atoms with E-state index in [1.165, 1.54) is 6.07 Å². The number of β-amino-alcohol motifs (C(OH)–C–C–N with tert-alkyl or cyclic N) is 1. The van der Waals surface area contributed by atoms with Gasteiger partial charge in [0, 0.05) is 19.0 Å². The fraction of sp³-hybridized carbons (Fsp3) is 0.400. The maximum absolute atomic E-state index is 12.0. The highest BCUT2D eigenvalue weighted by molar-refractivity contribution is 5.96. The lowest BCUT2D eigenvalue weighted by molar-refractivity contribution is -0.389. The van der Waals surface area contributed by atoms with Gasteiger partial charge in [-0.05, 0) is 11.0 Å². The second-order valence-electron chi connectivity index (χ2n) is 4.22. The first-order valence-electron chi connectivity index (χ1n) is 5.45. The SMILES string of the molecule is O=C(O)[C@@H]1C[C@H](O)CN1C(=O)c1ccc([N+](=O)[O-])[nH]1. The molecule has 2 atom stereocenters. The number of amides is 1. The molecule has 1 aromatic heterocycles. The maximum Gasteiger partial charge on any atom is 0.326 e. The summed E-state index contributed by atoms with van der Waals surface area (Å²) in [5, 5.41) is 28.9. The van der Waals surface area contributed by atoms with E-state index < -0.39 is 28.9 Å². The molecule has 9 heteroatoms. The Kier molecular flexibility index (Phi) is 3.21. The molecule has 1 fully saturated rings. The van der Waals surface area contributed by atoms with E-state index in [1.807, 2.05) is 0 Å². The molecule has 1 aliphatic rings. The third-order valence-electron chi connectivity index (χ3n) is 2.92. The predicted octanol–water partition coefficient (Wildman–Crippen LogP) is -0.417. The minimum absolute atomic E-state index is 0.0517. The fourth-order valence-electron chi connectivity index (χ4n) is 2.04. The van der Waals surface area contributed by atoms with E-state index in [0.717, 1.165) is 11.0 Å². The normalized spacial score (nSPS) is 22.5. The Morgan fingerprint density at radius 1 is 1.47 bits per heavy atom. The van der Waals surface area contributed by atoms with Gasteiger partial charge in [0.15, 0.2) is 5.69 Å². The van der Waals surface area contributed by atoms with Gasteiger partial charge in [-0.15, -0.1) is 0 Å². The number of aliphatic hydroxyl groups is 1. The smallest absolute Gasteiger partial charge is 0.326 e. The van der Waals surface area contributed by atoms with Crippen LogP contribution in [0.5, 0.6) is 0 Å². The predicted molar refractivity (Wildman–Crippen MR) is 60.5 cm³/mol. The summed E-state index contributed by atoms with van der Waals surface area (Å²) in [5.74, 6) is -2.25. The van der Waals surface area contributed by atoms with Gasteiger partial charge in [-0.3, -0.25) is 4.79 Å². The van der Waals surface area contributed by atoms with Gasteiger partial charge in [0.05, 0.1) is 6.10 Å². The molecule has 0 saturated carbocycles. The molecule has 1 aliphatic heterocycles. The molecule has 0 aromatic carbocycles. The van der Waals surface area contributed by atoms with Crippen LogP contribution in [-0.4, -0.2) is 55.6 Å². The van der Waals surface area contributed by atoms with Gasteiger partial charge in [0.25, 0.3) is 5.91 Å². The number of aromatic nitrogens is 1. The Morgan fingerprint density at radius 3 is 2.68 bits per heavy atom. The number of H-pyrrole nitrogens is 1. The van der Waals surface area contributed by atoms with Gasteiger partial charge >= 0.3 is 11.8 Å². The molecule has 0 aliphatic carbocycles. The molecule has 1 amide bonds. The number of nitro groups is 1. The molecule has 2 heterocycles. The molecular weight excluding hydrogens is 258 g/mol. The summed E-state index contributed by atoms with van der Waals surface area (Å²) in [5.41, 5.74) is -0.0768. The van der Waals surface area contributed by atoms with Crippen LogP contribution in [0.3, 0.4) is 0 Å². The molecule has 3 N–H and O–H groups in total. The number of rotatable bonds is 3. The number of aromatic amines is 1. The number of carbonyl (C=O) groups excluding carboxylic acids is 1. The van der Waals surface area contributed by atoms with Crippen molar-refractivity contribution in [3.8, 4) is 0 Å². The van der Waals surface area contributed by atoms with Crippen molar-refractivity contribution in [1.82, 2.24) is 9.88 Å². The topological polar surface area (TPSA) is 137 Å². The van der Waals surface area contributed by atoms with Gasteiger partial charge in [0.2, 0.25) is 0 Å². The number of nitrogens with zero attached hydrogens (tertiary/aromatic N) is 2.